The van der Waals surface area contributed by atoms with Crippen molar-refractivity contribution in [3.63, 3.8) is 0 Å². The number of nitrogens with zero attached hydrogens (tertiary/aromatic N) is 1. The number of aryl methyl sites for hydroxylation is 1. The van der Waals surface area contributed by atoms with Gasteiger partial charge in [0.15, 0.2) is 5.75 Å². The summed E-state index contributed by atoms with van der Waals surface area (Å²) in [6, 6.07) is 3.49. The highest BCUT2D eigenvalue weighted by Crippen LogP contribution is 2.36. The Morgan fingerprint density at radius 2 is 2.24 bits per heavy atom. The van der Waals surface area contributed by atoms with Crippen LogP contribution in [0.2, 0.25) is 0 Å². The molecule has 0 saturated heterocycles. The molecule has 0 atom stereocenters. The van der Waals surface area contributed by atoms with Gasteiger partial charge in [-0.2, -0.15) is 0 Å². The Morgan fingerprint density at radius 3 is 2.86 bits per heavy atom. The molecule has 0 bridgehead atoms. The van der Waals surface area contributed by atoms with Crippen molar-refractivity contribution in [3.05, 3.63) is 39.4 Å². The molecule has 21 heavy (non-hydrogen) atoms. The fourth-order valence-electron chi connectivity index (χ4n) is 2.64. The lowest BCUT2D eigenvalue weighted by Gasteiger charge is -2.17. The van der Waals surface area contributed by atoms with Crippen molar-refractivity contribution < 1.29 is 9.66 Å². The van der Waals surface area contributed by atoms with E-state index < -0.39 is 0 Å². The number of hydrogen-bond acceptors (Lipinski definition) is 4. The smallest absolute Gasteiger partial charge is 0.311 e. The quantitative estimate of drug-likeness (QED) is 0.668. The third kappa shape index (κ3) is 3.24. The van der Waals surface area contributed by atoms with E-state index in [2.05, 4.69) is 11.4 Å². The highest BCUT2D eigenvalue weighted by Gasteiger charge is 2.25. The second kappa shape index (κ2) is 5.85. The second-order valence-corrected chi connectivity index (χ2v) is 5.83. The highest BCUT2D eigenvalue weighted by molar-refractivity contribution is 5.72. The molecule has 1 heterocycles. The zero-order chi connectivity index (χ0) is 14.8. The molecule has 112 valence electrons. The van der Waals surface area contributed by atoms with Crippen molar-refractivity contribution in [1.29, 1.82) is 0 Å². The average Bonchev–Trinajstić information content (AvgIpc) is 3.30. The molecule has 2 aliphatic rings. The van der Waals surface area contributed by atoms with Crippen LogP contribution in [-0.2, 0) is 0 Å². The summed E-state index contributed by atoms with van der Waals surface area (Å²) in [7, 11) is 0. The minimum Gasteiger partial charge on any atom is -0.487 e. The number of nitro benzene ring substituents is 1. The number of nitrogens with one attached hydrogen (secondary N) is 1. The fraction of sp³-hybridized carbons (Fsp3) is 0.500. The topological polar surface area (TPSA) is 64.4 Å². The van der Waals surface area contributed by atoms with Crippen LogP contribution in [-0.4, -0.2) is 24.6 Å². The van der Waals surface area contributed by atoms with Gasteiger partial charge in [0.1, 0.15) is 0 Å². The first kappa shape index (κ1) is 14.1. The van der Waals surface area contributed by atoms with Gasteiger partial charge < -0.3 is 10.1 Å². The Balaban J connectivity index is 1.93. The Kier molecular flexibility index (Phi) is 3.92. The first-order chi connectivity index (χ1) is 10.1. The first-order valence-electron chi connectivity index (χ1n) is 7.47. The molecular weight excluding hydrogens is 268 g/mol. The van der Waals surface area contributed by atoms with Crippen molar-refractivity contribution >= 4 is 11.3 Å². The van der Waals surface area contributed by atoms with Crippen LogP contribution >= 0.6 is 0 Å². The molecule has 5 heteroatoms. The molecule has 0 amide bonds. The minimum absolute atomic E-state index is 0.0754. The van der Waals surface area contributed by atoms with Gasteiger partial charge in [-0.25, -0.2) is 0 Å². The maximum absolute atomic E-state index is 11.2. The van der Waals surface area contributed by atoms with Gasteiger partial charge in [0.05, 0.1) is 11.5 Å². The largest absolute Gasteiger partial charge is 0.487 e. The summed E-state index contributed by atoms with van der Waals surface area (Å²) in [5.74, 6) is 0.986. The molecule has 0 aromatic heterocycles. The Hall–Kier alpha value is -1.88. The predicted molar refractivity (Wildman–Crippen MR) is 81.5 cm³/mol. The van der Waals surface area contributed by atoms with Gasteiger partial charge in [0.25, 0.3) is 0 Å². The number of nitro groups is 1. The second-order valence-electron chi connectivity index (χ2n) is 5.83. The van der Waals surface area contributed by atoms with Crippen molar-refractivity contribution in [2.45, 2.75) is 26.2 Å². The highest BCUT2D eigenvalue weighted by atomic mass is 16.6. The average molecular weight is 288 g/mol. The predicted octanol–water partition coefficient (Wildman–Crippen LogP) is 3.07. The molecule has 1 saturated carbocycles. The van der Waals surface area contributed by atoms with E-state index in [1.165, 1.54) is 18.4 Å². The lowest BCUT2D eigenvalue weighted by Crippen LogP contribution is -2.20. The molecule has 1 aliphatic heterocycles. The van der Waals surface area contributed by atoms with Crippen LogP contribution in [0.4, 0.5) is 5.69 Å². The van der Waals surface area contributed by atoms with E-state index in [9.17, 15) is 10.1 Å². The number of rotatable bonds is 5. The molecule has 0 spiro atoms. The Morgan fingerprint density at radius 1 is 1.43 bits per heavy atom. The van der Waals surface area contributed by atoms with Crippen LogP contribution in [0.25, 0.3) is 5.57 Å². The number of ether oxygens (including phenoxy) is 1. The van der Waals surface area contributed by atoms with E-state index in [1.807, 2.05) is 13.0 Å². The SMILES string of the molecule is Cc1cc([N+](=O)[O-])c(OCC2CC2)cc1C1=CCNCC1. The number of hydrogen-bond donors (Lipinski definition) is 1. The van der Waals surface area contributed by atoms with Gasteiger partial charge in [0, 0.05) is 12.6 Å². The third-order valence-electron chi connectivity index (χ3n) is 4.08. The molecular formula is C16H20N2O3. The van der Waals surface area contributed by atoms with Gasteiger partial charge in [0.2, 0.25) is 0 Å². The summed E-state index contributed by atoms with van der Waals surface area (Å²) in [5.41, 5.74) is 3.34. The van der Waals surface area contributed by atoms with E-state index in [1.54, 1.807) is 6.07 Å². The van der Waals surface area contributed by atoms with Crippen LogP contribution in [0.5, 0.6) is 5.75 Å². The summed E-state index contributed by atoms with van der Waals surface area (Å²) < 4.78 is 5.72. The van der Waals surface area contributed by atoms with Crippen LogP contribution in [0.3, 0.4) is 0 Å². The summed E-state index contributed by atoms with van der Waals surface area (Å²) in [4.78, 5) is 10.9. The Labute approximate surface area is 124 Å². The zero-order valence-corrected chi connectivity index (χ0v) is 12.2. The van der Waals surface area contributed by atoms with Crippen LogP contribution < -0.4 is 10.1 Å². The molecule has 0 radical (unpaired) electrons. The van der Waals surface area contributed by atoms with Crippen LogP contribution in [0, 0.1) is 23.0 Å². The van der Waals surface area contributed by atoms with E-state index in [4.69, 9.17) is 4.74 Å². The monoisotopic (exact) mass is 288 g/mol. The lowest BCUT2D eigenvalue weighted by atomic mass is 9.95. The third-order valence-corrected chi connectivity index (χ3v) is 4.08. The molecule has 5 nitrogen and oxygen atoms in total. The van der Waals surface area contributed by atoms with E-state index in [-0.39, 0.29) is 10.6 Å². The van der Waals surface area contributed by atoms with E-state index in [0.717, 1.165) is 30.6 Å². The first-order valence-corrected chi connectivity index (χ1v) is 7.47. The van der Waals surface area contributed by atoms with Gasteiger partial charge >= 0.3 is 5.69 Å². The molecule has 3 rings (SSSR count). The summed E-state index contributed by atoms with van der Waals surface area (Å²) in [6.45, 7) is 4.31. The van der Waals surface area contributed by atoms with Crippen molar-refractivity contribution in [2.24, 2.45) is 5.92 Å². The van der Waals surface area contributed by atoms with Crippen molar-refractivity contribution in [2.75, 3.05) is 19.7 Å². The maximum atomic E-state index is 11.2. The molecule has 1 N–H and O–H groups in total. The van der Waals surface area contributed by atoms with E-state index >= 15 is 0 Å². The normalized spacial score (nSPS) is 18.2. The van der Waals surface area contributed by atoms with Gasteiger partial charge in [-0.3, -0.25) is 10.1 Å². The van der Waals surface area contributed by atoms with Gasteiger partial charge in [-0.1, -0.05) is 6.08 Å². The maximum Gasteiger partial charge on any atom is 0.311 e. The van der Waals surface area contributed by atoms with Gasteiger partial charge in [-0.05, 0) is 61.4 Å². The summed E-state index contributed by atoms with van der Waals surface area (Å²) in [5, 5.41) is 14.5. The molecule has 0 unspecified atom stereocenters. The lowest BCUT2D eigenvalue weighted by molar-refractivity contribution is -0.385. The zero-order valence-electron chi connectivity index (χ0n) is 12.2. The standard InChI is InChI=1S/C16H20N2O3/c1-11-8-15(18(19)20)16(21-10-12-2-3-12)9-14(11)13-4-6-17-7-5-13/h4,8-9,12,17H,2-3,5-7,10H2,1H3. The molecule has 1 aromatic rings. The van der Waals surface area contributed by atoms with E-state index in [0.29, 0.717) is 18.3 Å². The van der Waals surface area contributed by atoms with Crippen molar-refractivity contribution in [3.8, 4) is 5.75 Å². The van der Waals surface area contributed by atoms with Crippen LogP contribution in [0.15, 0.2) is 18.2 Å². The summed E-state index contributed by atoms with van der Waals surface area (Å²) in [6.07, 6.45) is 5.44. The molecule has 1 aromatic carbocycles. The van der Waals surface area contributed by atoms with Crippen LogP contribution in [0.1, 0.15) is 30.4 Å². The van der Waals surface area contributed by atoms with Gasteiger partial charge in [-0.15, -0.1) is 0 Å². The molecule has 1 fully saturated rings. The fourth-order valence-corrected chi connectivity index (χ4v) is 2.64. The summed E-state index contributed by atoms with van der Waals surface area (Å²) >= 11 is 0. The Bertz CT molecular complexity index is 591. The number of benzene rings is 1. The van der Waals surface area contributed by atoms with Crippen molar-refractivity contribution in [1.82, 2.24) is 5.32 Å². The molecule has 1 aliphatic carbocycles. The minimum atomic E-state index is -0.351.